The van der Waals surface area contributed by atoms with Gasteiger partial charge >= 0.3 is 5.97 Å². The molecule has 0 heterocycles. The molecule has 0 radical (unpaired) electrons. The summed E-state index contributed by atoms with van der Waals surface area (Å²) in [6.45, 7) is 3.90. The first kappa shape index (κ1) is 19.2. The second-order valence-corrected chi connectivity index (χ2v) is 5.70. The molecule has 2 rings (SSSR count). The van der Waals surface area contributed by atoms with Gasteiger partial charge in [0.2, 0.25) is 5.91 Å². The van der Waals surface area contributed by atoms with Crippen molar-refractivity contribution in [1.82, 2.24) is 0 Å². The molecular formula is C20H22N2O4. The Kier molecular flexibility index (Phi) is 6.91. The third kappa shape index (κ3) is 5.73. The van der Waals surface area contributed by atoms with Crippen LogP contribution in [0.3, 0.4) is 0 Å². The Hall–Kier alpha value is -3.15. The van der Waals surface area contributed by atoms with E-state index in [-0.39, 0.29) is 24.7 Å². The summed E-state index contributed by atoms with van der Waals surface area (Å²) in [5.74, 6) is -0.846. The van der Waals surface area contributed by atoms with Crippen molar-refractivity contribution in [3.63, 3.8) is 0 Å². The monoisotopic (exact) mass is 354 g/mol. The van der Waals surface area contributed by atoms with Crippen LogP contribution < -0.4 is 10.6 Å². The molecule has 0 aliphatic rings. The third-order valence-corrected chi connectivity index (χ3v) is 3.68. The Bertz CT molecular complexity index is 785. The van der Waals surface area contributed by atoms with Crippen molar-refractivity contribution in [3.05, 3.63) is 59.7 Å². The highest BCUT2D eigenvalue weighted by atomic mass is 16.5. The molecular weight excluding hydrogens is 332 g/mol. The molecule has 0 aromatic heterocycles. The number of esters is 1. The first-order chi connectivity index (χ1) is 12.5. The standard InChI is InChI=1S/C20H22N2O4/c1-3-26-19(24)13-12-18(23)21-15-8-10-16(11-9-15)22-20(25)17-7-5-4-6-14(17)2/h4-11H,3,12-13H2,1-2H3,(H,21,23)(H,22,25). The minimum Gasteiger partial charge on any atom is -0.466 e. The van der Waals surface area contributed by atoms with Crippen molar-refractivity contribution in [3.8, 4) is 0 Å². The molecule has 2 aromatic carbocycles. The van der Waals surface area contributed by atoms with Gasteiger partial charge in [0.05, 0.1) is 13.0 Å². The van der Waals surface area contributed by atoms with Crippen LogP contribution in [0.5, 0.6) is 0 Å². The fraction of sp³-hybridized carbons (Fsp3) is 0.250. The third-order valence-electron chi connectivity index (χ3n) is 3.68. The average Bonchev–Trinajstić information content (AvgIpc) is 2.62. The first-order valence-electron chi connectivity index (χ1n) is 8.42. The van der Waals surface area contributed by atoms with Gasteiger partial charge in [0.1, 0.15) is 0 Å². The van der Waals surface area contributed by atoms with Crippen LogP contribution in [0.4, 0.5) is 11.4 Å². The van der Waals surface area contributed by atoms with E-state index in [1.165, 1.54) is 0 Å². The Balaban J connectivity index is 1.88. The molecule has 0 spiro atoms. The molecule has 0 bridgehead atoms. The minimum atomic E-state index is -0.392. The number of hydrogen-bond donors (Lipinski definition) is 2. The van der Waals surface area contributed by atoms with Gasteiger partial charge < -0.3 is 15.4 Å². The predicted octanol–water partition coefficient (Wildman–Crippen LogP) is 3.53. The second kappa shape index (κ2) is 9.36. The van der Waals surface area contributed by atoms with E-state index in [9.17, 15) is 14.4 Å². The molecule has 0 aliphatic heterocycles. The van der Waals surface area contributed by atoms with Gasteiger partial charge in [0.25, 0.3) is 5.91 Å². The minimum absolute atomic E-state index is 0.0459. The fourth-order valence-electron chi connectivity index (χ4n) is 2.34. The van der Waals surface area contributed by atoms with Crippen molar-refractivity contribution < 1.29 is 19.1 Å². The summed E-state index contributed by atoms with van der Waals surface area (Å²) in [7, 11) is 0. The molecule has 6 nitrogen and oxygen atoms in total. The number of rotatable bonds is 7. The van der Waals surface area contributed by atoms with Crippen molar-refractivity contribution in [1.29, 1.82) is 0 Å². The van der Waals surface area contributed by atoms with Crippen LogP contribution in [-0.2, 0) is 14.3 Å². The number of nitrogens with one attached hydrogen (secondary N) is 2. The van der Waals surface area contributed by atoms with Gasteiger partial charge in [-0.3, -0.25) is 14.4 Å². The van der Waals surface area contributed by atoms with Crippen molar-refractivity contribution in [2.75, 3.05) is 17.2 Å². The van der Waals surface area contributed by atoms with Gasteiger partial charge in [-0.05, 0) is 49.7 Å². The maximum absolute atomic E-state index is 12.3. The normalized spacial score (nSPS) is 10.1. The zero-order valence-corrected chi connectivity index (χ0v) is 14.9. The molecule has 2 N–H and O–H groups in total. The smallest absolute Gasteiger partial charge is 0.306 e. The fourth-order valence-corrected chi connectivity index (χ4v) is 2.34. The van der Waals surface area contributed by atoms with Crippen LogP contribution in [0.2, 0.25) is 0 Å². The molecule has 0 atom stereocenters. The van der Waals surface area contributed by atoms with Gasteiger partial charge in [-0.15, -0.1) is 0 Å². The highest BCUT2D eigenvalue weighted by Crippen LogP contribution is 2.16. The number of carbonyl (C=O) groups excluding carboxylic acids is 3. The number of ether oxygens (including phenoxy) is 1. The van der Waals surface area contributed by atoms with Crippen LogP contribution in [0.25, 0.3) is 0 Å². The SMILES string of the molecule is CCOC(=O)CCC(=O)Nc1ccc(NC(=O)c2ccccc2C)cc1. The predicted molar refractivity (Wildman–Crippen MR) is 100 cm³/mol. The zero-order chi connectivity index (χ0) is 18.9. The first-order valence-corrected chi connectivity index (χ1v) is 8.42. The average molecular weight is 354 g/mol. The summed E-state index contributed by atoms with van der Waals surface area (Å²) < 4.78 is 4.78. The van der Waals surface area contributed by atoms with Crippen LogP contribution >= 0.6 is 0 Å². The van der Waals surface area contributed by atoms with Crippen LogP contribution in [0.1, 0.15) is 35.7 Å². The number of benzene rings is 2. The van der Waals surface area contributed by atoms with E-state index in [1.807, 2.05) is 25.1 Å². The van der Waals surface area contributed by atoms with E-state index in [2.05, 4.69) is 10.6 Å². The largest absolute Gasteiger partial charge is 0.466 e. The van der Waals surface area contributed by atoms with Crippen LogP contribution in [0, 0.1) is 6.92 Å². The van der Waals surface area contributed by atoms with E-state index in [4.69, 9.17) is 4.74 Å². The molecule has 2 amide bonds. The second-order valence-electron chi connectivity index (χ2n) is 5.70. The van der Waals surface area contributed by atoms with E-state index in [0.717, 1.165) is 5.56 Å². The molecule has 0 saturated carbocycles. The lowest BCUT2D eigenvalue weighted by Crippen LogP contribution is -2.15. The number of hydrogen-bond acceptors (Lipinski definition) is 4. The quantitative estimate of drug-likeness (QED) is 0.745. The highest BCUT2D eigenvalue weighted by Gasteiger charge is 2.10. The topological polar surface area (TPSA) is 84.5 Å². The summed E-state index contributed by atoms with van der Waals surface area (Å²) in [6.07, 6.45) is 0.106. The van der Waals surface area contributed by atoms with Crippen molar-refractivity contribution >= 4 is 29.2 Å². The van der Waals surface area contributed by atoms with Crippen LogP contribution in [-0.4, -0.2) is 24.4 Å². The van der Waals surface area contributed by atoms with Crippen molar-refractivity contribution in [2.24, 2.45) is 0 Å². The molecule has 136 valence electrons. The molecule has 0 unspecified atom stereocenters. The van der Waals surface area contributed by atoms with E-state index < -0.39 is 5.97 Å². The molecule has 0 aliphatic carbocycles. The van der Waals surface area contributed by atoms with E-state index in [1.54, 1.807) is 37.3 Å². The maximum Gasteiger partial charge on any atom is 0.306 e. The van der Waals surface area contributed by atoms with Crippen LogP contribution in [0.15, 0.2) is 48.5 Å². The summed E-state index contributed by atoms with van der Waals surface area (Å²) >= 11 is 0. The summed E-state index contributed by atoms with van der Waals surface area (Å²) in [4.78, 5) is 35.3. The summed E-state index contributed by atoms with van der Waals surface area (Å²) in [5, 5.41) is 5.52. The number of anilines is 2. The zero-order valence-electron chi connectivity index (χ0n) is 14.9. The van der Waals surface area contributed by atoms with E-state index >= 15 is 0 Å². The Morgan fingerprint density at radius 3 is 2.12 bits per heavy atom. The lowest BCUT2D eigenvalue weighted by Gasteiger charge is -2.09. The summed E-state index contributed by atoms with van der Waals surface area (Å²) in [5.41, 5.74) is 2.73. The lowest BCUT2D eigenvalue weighted by atomic mass is 10.1. The van der Waals surface area contributed by atoms with Gasteiger partial charge in [-0.1, -0.05) is 18.2 Å². The number of amides is 2. The number of aryl methyl sites for hydroxylation is 1. The maximum atomic E-state index is 12.3. The molecule has 2 aromatic rings. The summed E-state index contributed by atoms with van der Waals surface area (Å²) in [6, 6.07) is 14.1. The molecule has 26 heavy (non-hydrogen) atoms. The Labute approximate surface area is 152 Å². The Morgan fingerprint density at radius 2 is 1.50 bits per heavy atom. The molecule has 0 saturated heterocycles. The van der Waals surface area contributed by atoms with Gasteiger partial charge in [0, 0.05) is 23.4 Å². The van der Waals surface area contributed by atoms with Gasteiger partial charge in [0.15, 0.2) is 0 Å². The lowest BCUT2D eigenvalue weighted by molar-refractivity contribution is -0.144. The van der Waals surface area contributed by atoms with Crippen molar-refractivity contribution in [2.45, 2.75) is 26.7 Å². The van der Waals surface area contributed by atoms with Gasteiger partial charge in [-0.25, -0.2) is 0 Å². The molecule has 0 fully saturated rings. The number of carbonyl (C=O) groups is 3. The van der Waals surface area contributed by atoms with Gasteiger partial charge in [-0.2, -0.15) is 0 Å². The molecule has 6 heteroatoms. The Morgan fingerprint density at radius 1 is 0.885 bits per heavy atom. The van der Waals surface area contributed by atoms with E-state index in [0.29, 0.717) is 23.5 Å². The highest BCUT2D eigenvalue weighted by molar-refractivity contribution is 6.05.